The highest BCUT2D eigenvalue weighted by molar-refractivity contribution is 5.84. The van der Waals surface area contributed by atoms with Crippen LogP contribution in [0.15, 0.2) is 30.9 Å². The van der Waals surface area contributed by atoms with Crippen LogP contribution in [0.25, 0.3) is 0 Å². The van der Waals surface area contributed by atoms with Crippen molar-refractivity contribution in [1.29, 1.82) is 0 Å². The number of hydrogen-bond acceptors (Lipinski definition) is 2. The van der Waals surface area contributed by atoms with Gasteiger partial charge in [0.15, 0.2) is 0 Å². The maximum Gasteiger partial charge on any atom is 0.416 e. The lowest BCUT2D eigenvalue weighted by Gasteiger charge is -2.16. The first kappa shape index (κ1) is 22.5. The van der Waals surface area contributed by atoms with Crippen LogP contribution in [-0.2, 0) is 28.4 Å². The van der Waals surface area contributed by atoms with Crippen LogP contribution < -0.4 is 5.32 Å². The number of benzene rings is 1. The Balaban J connectivity index is 3.00. The van der Waals surface area contributed by atoms with Gasteiger partial charge < -0.3 is 10.4 Å². The lowest BCUT2D eigenvalue weighted by Crippen LogP contribution is -2.41. The Kier molecular flexibility index (Phi) is 7.44. The van der Waals surface area contributed by atoms with E-state index in [9.17, 15) is 35.9 Å². The number of amides is 1. The Morgan fingerprint density at radius 1 is 1.07 bits per heavy atom. The highest BCUT2D eigenvalue weighted by atomic mass is 19.4. The van der Waals surface area contributed by atoms with Gasteiger partial charge >= 0.3 is 18.3 Å². The number of alkyl halides is 6. The van der Waals surface area contributed by atoms with Gasteiger partial charge in [0.05, 0.1) is 17.5 Å². The zero-order chi connectivity index (χ0) is 20.8. The van der Waals surface area contributed by atoms with Gasteiger partial charge in [-0.15, -0.1) is 6.58 Å². The van der Waals surface area contributed by atoms with Gasteiger partial charge in [0.2, 0.25) is 5.91 Å². The van der Waals surface area contributed by atoms with Gasteiger partial charge in [0.1, 0.15) is 6.04 Å². The van der Waals surface area contributed by atoms with E-state index in [0.29, 0.717) is 25.0 Å². The fourth-order valence-electron chi connectivity index (χ4n) is 2.28. The summed E-state index contributed by atoms with van der Waals surface area (Å²) in [4.78, 5) is 23.0. The molecule has 0 radical (unpaired) electrons. The highest BCUT2D eigenvalue weighted by Gasteiger charge is 2.37. The molecule has 0 saturated heterocycles. The highest BCUT2D eigenvalue weighted by Crippen LogP contribution is 2.36. The van der Waals surface area contributed by atoms with Crippen molar-refractivity contribution in [2.45, 2.75) is 44.1 Å². The number of hydrogen-bond donors (Lipinski definition) is 2. The van der Waals surface area contributed by atoms with Gasteiger partial charge in [-0.2, -0.15) is 26.3 Å². The third-order valence-electron chi connectivity index (χ3n) is 3.55. The van der Waals surface area contributed by atoms with Crippen molar-refractivity contribution < 1.29 is 41.0 Å². The Hall–Kier alpha value is -2.52. The molecule has 0 aliphatic rings. The zero-order valence-corrected chi connectivity index (χ0v) is 14.0. The van der Waals surface area contributed by atoms with E-state index in [1.165, 1.54) is 0 Å². The van der Waals surface area contributed by atoms with Crippen molar-refractivity contribution >= 4 is 11.9 Å². The molecule has 0 saturated carbocycles. The Labute approximate surface area is 150 Å². The Bertz CT molecular complexity index is 665. The minimum atomic E-state index is -5.03. The fraction of sp³-hybridized carbons (Fsp3) is 0.412. The quantitative estimate of drug-likeness (QED) is 0.393. The Morgan fingerprint density at radius 3 is 2.00 bits per heavy atom. The minimum absolute atomic E-state index is 0.0449. The molecule has 0 unspecified atom stereocenters. The van der Waals surface area contributed by atoms with E-state index in [0.717, 1.165) is 0 Å². The monoisotopic (exact) mass is 397 g/mol. The molecule has 4 nitrogen and oxygen atoms in total. The van der Waals surface area contributed by atoms with E-state index in [-0.39, 0.29) is 12.5 Å². The van der Waals surface area contributed by atoms with Gasteiger partial charge in [-0.3, -0.25) is 4.79 Å². The standard InChI is InChI=1S/C17H17F6NO3/c1-2-3-4-5-13(15(26)27)24-14(25)8-10-6-11(16(18,19)20)9-12(7-10)17(21,22)23/h2,6-7,9,13H,1,3-5,8H2,(H,24,25)(H,26,27)/t13-/m0/s1. The predicted octanol–water partition coefficient (Wildman–Crippen LogP) is 4.19. The normalized spacial score (nSPS) is 13.1. The van der Waals surface area contributed by atoms with Crippen LogP contribution in [0.3, 0.4) is 0 Å². The summed E-state index contributed by atoms with van der Waals surface area (Å²) in [5.41, 5.74) is -3.60. The molecule has 27 heavy (non-hydrogen) atoms. The van der Waals surface area contributed by atoms with Gasteiger partial charge in [0.25, 0.3) is 0 Å². The van der Waals surface area contributed by atoms with E-state index in [2.05, 4.69) is 11.9 Å². The maximum atomic E-state index is 12.8. The first-order valence-corrected chi connectivity index (χ1v) is 7.76. The summed E-state index contributed by atoms with van der Waals surface area (Å²) in [6.45, 7) is 3.46. The second-order valence-corrected chi connectivity index (χ2v) is 5.77. The van der Waals surface area contributed by atoms with Crippen molar-refractivity contribution in [3.8, 4) is 0 Å². The third-order valence-corrected chi connectivity index (χ3v) is 3.55. The van der Waals surface area contributed by atoms with E-state index < -0.39 is 53.4 Å². The van der Waals surface area contributed by atoms with Crippen LogP contribution in [0.4, 0.5) is 26.3 Å². The lowest BCUT2D eigenvalue weighted by atomic mass is 10.0. The second-order valence-electron chi connectivity index (χ2n) is 5.77. The molecular weight excluding hydrogens is 380 g/mol. The second kappa shape index (κ2) is 8.92. The SMILES string of the molecule is C=CCCC[C@H](NC(=O)Cc1cc(C(F)(F)F)cc(C(F)(F)F)c1)C(=O)O. The van der Waals surface area contributed by atoms with Crippen molar-refractivity contribution in [3.05, 3.63) is 47.5 Å². The maximum absolute atomic E-state index is 12.8. The molecule has 0 aromatic heterocycles. The Morgan fingerprint density at radius 2 is 1.59 bits per heavy atom. The van der Waals surface area contributed by atoms with Crippen LogP contribution in [0.5, 0.6) is 0 Å². The largest absolute Gasteiger partial charge is 0.480 e. The molecule has 2 N–H and O–H groups in total. The number of unbranched alkanes of at least 4 members (excludes halogenated alkanes) is 1. The summed E-state index contributed by atoms with van der Waals surface area (Å²) in [5.74, 6) is -2.35. The minimum Gasteiger partial charge on any atom is -0.480 e. The first-order valence-electron chi connectivity index (χ1n) is 7.76. The number of allylic oxidation sites excluding steroid dienone is 1. The summed E-state index contributed by atoms with van der Waals surface area (Å²) >= 11 is 0. The number of carboxylic acid groups (broad SMARTS) is 1. The van der Waals surface area contributed by atoms with E-state index in [1.807, 2.05) is 0 Å². The number of halogens is 6. The van der Waals surface area contributed by atoms with Crippen LogP contribution >= 0.6 is 0 Å². The topological polar surface area (TPSA) is 66.4 Å². The number of rotatable bonds is 8. The molecule has 150 valence electrons. The predicted molar refractivity (Wildman–Crippen MR) is 83.8 cm³/mol. The average Bonchev–Trinajstić information content (AvgIpc) is 2.52. The lowest BCUT2D eigenvalue weighted by molar-refractivity contribution is -0.143. The van der Waals surface area contributed by atoms with E-state index in [1.54, 1.807) is 6.08 Å². The van der Waals surface area contributed by atoms with Crippen molar-refractivity contribution in [2.24, 2.45) is 0 Å². The number of carbonyl (C=O) groups excluding carboxylic acids is 1. The molecule has 1 amide bonds. The summed E-state index contributed by atoms with van der Waals surface area (Å²) in [6.07, 6.45) is -8.41. The number of carbonyl (C=O) groups is 2. The molecule has 0 bridgehead atoms. The van der Waals surface area contributed by atoms with Crippen molar-refractivity contribution in [1.82, 2.24) is 5.32 Å². The van der Waals surface area contributed by atoms with Crippen molar-refractivity contribution in [3.63, 3.8) is 0 Å². The summed E-state index contributed by atoms with van der Waals surface area (Å²) in [6, 6.07) is -0.480. The first-order chi connectivity index (χ1) is 12.3. The molecule has 0 spiro atoms. The number of carboxylic acids is 1. The smallest absolute Gasteiger partial charge is 0.416 e. The van der Waals surface area contributed by atoms with Crippen LogP contribution in [0.1, 0.15) is 36.0 Å². The molecule has 1 aromatic carbocycles. The zero-order valence-electron chi connectivity index (χ0n) is 14.0. The fourth-order valence-corrected chi connectivity index (χ4v) is 2.28. The van der Waals surface area contributed by atoms with Crippen LogP contribution in [0.2, 0.25) is 0 Å². The van der Waals surface area contributed by atoms with E-state index >= 15 is 0 Å². The van der Waals surface area contributed by atoms with Gasteiger partial charge in [0, 0.05) is 0 Å². The molecule has 0 aliphatic carbocycles. The summed E-state index contributed by atoms with van der Waals surface area (Å²) in [5, 5.41) is 11.2. The molecule has 1 rings (SSSR count). The van der Waals surface area contributed by atoms with Gasteiger partial charge in [-0.25, -0.2) is 4.79 Å². The molecule has 0 heterocycles. The molecule has 0 aliphatic heterocycles. The van der Waals surface area contributed by atoms with Crippen molar-refractivity contribution in [2.75, 3.05) is 0 Å². The third kappa shape index (κ3) is 7.32. The van der Waals surface area contributed by atoms with Gasteiger partial charge in [-0.1, -0.05) is 6.08 Å². The van der Waals surface area contributed by atoms with Gasteiger partial charge in [-0.05, 0) is 43.0 Å². The summed E-state index contributed by atoms with van der Waals surface area (Å²) in [7, 11) is 0. The van der Waals surface area contributed by atoms with Crippen LogP contribution in [-0.4, -0.2) is 23.0 Å². The molecule has 1 atom stereocenters. The summed E-state index contributed by atoms with van der Waals surface area (Å²) < 4.78 is 76.9. The number of aliphatic carboxylic acids is 1. The van der Waals surface area contributed by atoms with E-state index in [4.69, 9.17) is 5.11 Å². The molecule has 10 heteroatoms. The van der Waals surface area contributed by atoms with Crippen LogP contribution in [0, 0.1) is 0 Å². The number of nitrogens with one attached hydrogen (secondary N) is 1. The average molecular weight is 397 g/mol. The molecule has 0 fully saturated rings. The molecule has 1 aromatic rings. The molecular formula is C17H17F6NO3.